The third-order valence-electron chi connectivity index (χ3n) is 5.78. The topological polar surface area (TPSA) is 49.3 Å². The number of carbonyl (C=O) groups is 1. The molecule has 0 bridgehead atoms. The molecular weight excluding hydrogens is 380 g/mol. The average Bonchev–Trinajstić information content (AvgIpc) is 3.10. The van der Waals surface area contributed by atoms with Crippen LogP contribution in [0.4, 0.5) is 5.82 Å². The van der Waals surface area contributed by atoms with Gasteiger partial charge in [-0.3, -0.25) is 4.79 Å². The number of nitrogens with zero attached hydrogens (tertiary/aromatic N) is 4. The van der Waals surface area contributed by atoms with Gasteiger partial charge in [0.05, 0.1) is 10.3 Å². The first-order valence-electron chi connectivity index (χ1n) is 10.5. The minimum atomic E-state index is 0.122. The predicted molar refractivity (Wildman–Crippen MR) is 120 cm³/mol. The van der Waals surface area contributed by atoms with Crippen LogP contribution in [0, 0.1) is 6.92 Å². The summed E-state index contributed by atoms with van der Waals surface area (Å²) in [7, 11) is 0. The first-order valence-corrected chi connectivity index (χ1v) is 11.3. The number of amides is 1. The summed E-state index contributed by atoms with van der Waals surface area (Å²) in [6.07, 6.45) is 4.76. The van der Waals surface area contributed by atoms with Crippen LogP contribution >= 0.6 is 11.3 Å². The van der Waals surface area contributed by atoms with Crippen LogP contribution in [0.15, 0.2) is 30.6 Å². The summed E-state index contributed by atoms with van der Waals surface area (Å²) in [5, 5.41) is 1.03. The fourth-order valence-corrected chi connectivity index (χ4v) is 5.18. The van der Waals surface area contributed by atoms with Gasteiger partial charge in [-0.1, -0.05) is 37.6 Å². The Morgan fingerprint density at radius 2 is 2.00 bits per heavy atom. The van der Waals surface area contributed by atoms with E-state index in [4.69, 9.17) is 0 Å². The summed E-state index contributed by atoms with van der Waals surface area (Å²) in [6, 6.07) is 8.61. The zero-order valence-electron chi connectivity index (χ0n) is 17.4. The molecule has 1 amide bonds. The molecule has 0 spiro atoms. The number of thiophene rings is 1. The number of benzene rings is 1. The van der Waals surface area contributed by atoms with Gasteiger partial charge in [-0.25, -0.2) is 9.97 Å². The molecule has 152 valence electrons. The molecule has 5 nitrogen and oxygen atoms in total. The third kappa shape index (κ3) is 3.73. The maximum absolute atomic E-state index is 13.2. The number of carbonyl (C=O) groups excluding carboxylic acids is 1. The number of rotatable bonds is 6. The summed E-state index contributed by atoms with van der Waals surface area (Å²) in [6.45, 7) is 9.56. The summed E-state index contributed by atoms with van der Waals surface area (Å²) < 4.78 is 0. The number of anilines is 1. The number of unbranched alkanes of at least 4 members (excludes halogenated alkanes) is 1. The molecule has 29 heavy (non-hydrogen) atoms. The van der Waals surface area contributed by atoms with Crippen molar-refractivity contribution in [2.45, 2.75) is 46.6 Å². The molecule has 1 aliphatic rings. The van der Waals surface area contributed by atoms with Crippen LogP contribution in [0.2, 0.25) is 0 Å². The maximum atomic E-state index is 13.2. The highest BCUT2D eigenvalue weighted by Crippen LogP contribution is 2.37. The van der Waals surface area contributed by atoms with Gasteiger partial charge in [-0.2, -0.15) is 0 Å². The molecule has 0 aliphatic carbocycles. The van der Waals surface area contributed by atoms with Crippen molar-refractivity contribution in [1.29, 1.82) is 0 Å². The van der Waals surface area contributed by atoms with E-state index in [1.165, 1.54) is 22.5 Å². The molecule has 2 aromatic heterocycles. The Morgan fingerprint density at radius 3 is 2.76 bits per heavy atom. The molecule has 0 atom stereocenters. The molecule has 0 saturated heterocycles. The third-order valence-corrected chi connectivity index (χ3v) is 6.97. The first-order chi connectivity index (χ1) is 14.1. The fourth-order valence-electron chi connectivity index (χ4n) is 4.07. The zero-order valence-corrected chi connectivity index (χ0v) is 18.3. The number of hydrogen-bond acceptors (Lipinski definition) is 5. The standard InChI is InChI=1S/C23H28N4OS/c1-4-6-12-26(5-2)23(28)20-16(3)19-21(24-15-25-22(19)29-20)27-13-11-17-9-7-8-10-18(17)14-27/h7-10,15H,4-6,11-14H2,1-3H3. The SMILES string of the molecule is CCCCN(CC)C(=O)c1sc2ncnc(N3CCc4ccccc4C3)c2c1C. The van der Waals surface area contributed by atoms with Gasteiger partial charge in [0.15, 0.2) is 0 Å². The van der Waals surface area contributed by atoms with E-state index in [0.29, 0.717) is 0 Å². The van der Waals surface area contributed by atoms with Crippen molar-refractivity contribution in [2.24, 2.45) is 0 Å². The normalized spacial score (nSPS) is 13.6. The van der Waals surface area contributed by atoms with Gasteiger partial charge < -0.3 is 9.80 Å². The number of aromatic nitrogens is 2. The van der Waals surface area contributed by atoms with Gasteiger partial charge in [0.25, 0.3) is 5.91 Å². The molecule has 0 unspecified atom stereocenters. The van der Waals surface area contributed by atoms with Crippen molar-refractivity contribution in [3.05, 3.63) is 52.2 Å². The average molecular weight is 409 g/mol. The van der Waals surface area contributed by atoms with Gasteiger partial charge in [0, 0.05) is 26.2 Å². The van der Waals surface area contributed by atoms with Crippen LogP contribution in [-0.2, 0) is 13.0 Å². The Hall–Kier alpha value is -2.47. The molecular formula is C23H28N4OS. The Bertz CT molecular complexity index is 1030. The minimum Gasteiger partial charge on any atom is -0.351 e. The van der Waals surface area contributed by atoms with Crippen molar-refractivity contribution >= 4 is 33.3 Å². The second-order valence-electron chi connectivity index (χ2n) is 7.61. The Labute approximate surface area is 176 Å². The van der Waals surface area contributed by atoms with Gasteiger partial charge in [0.1, 0.15) is 17.0 Å². The van der Waals surface area contributed by atoms with Crippen molar-refractivity contribution < 1.29 is 4.79 Å². The summed E-state index contributed by atoms with van der Waals surface area (Å²) >= 11 is 1.50. The van der Waals surface area contributed by atoms with Crippen molar-refractivity contribution in [2.75, 3.05) is 24.5 Å². The second-order valence-corrected chi connectivity index (χ2v) is 8.61. The molecule has 3 heterocycles. The molecule has 0 N–H and O–H groups in total. The Balaban J connectivity index is 1.70. The largest absolute Gasteiger partial charge is 0.351 e. The molecule has 6 heteroatoms. The predicted octanol–water partition coefficient (Wildman–Crippen LogP) is 4.82. The summed E-state index contributed by atoms with van der Waals surface area (Å²) in [5.74, 6) is 1.07. The van der Waals surface area contributed by atoms with Crippen LogP contribution in [0.25, 0.3) is 10.2 Å². The van der Waals surface area contributed by atoms with Gasteiger partial charge in [-0.05, 0) is 43.4 Å². The van der Waals surface area contributed by atoms with E-state index in [1.807, 2.05) is 18.7 Å². The lowest BCUT2D eigenvalue weighted by atomic mass is 9.99. The molecule has 1 aromatic carbocycles. The molecule has 4 rings (SSSR count). The van der Waals surface area contributed by atoms with Crippen molar-refractivity contribution in [1.82, 2.24) is 14.9 Å². The van der Waals surface area contributed by atoms with Gasteiger partial charge >= 0.3 is 0 Å². The number of fused-ring (bicyclic) bond motifs is 2. The Kier molecular flexibility index (Phi) is 5.81. The monoisotopic (exact) mass is 408 g/mol. The highest BCUT2D eigenvalue weighted by molar-refractivity contribution is 7.20. The lowest BCUT2D eigenvalue weighted by Gasteiger charge is -2.30. The van der Waals surface area contributed by atoms with Crippen LogP contribution in [0.3, 0.4) is 0 Å². The smallest absolute Gasteiger partial charge is 0.264 e. The van der Waals surface area contributed by atoms with E-state index in [-0.39, 0.29) is 5.91 Å². The van der Waals surface area contributed by atoms with Crippen LogP contribution in [0.5, 0.6) is 0 Å². The Morgan fingerprint density at radius 1 is 1.21 bits per heavy atom. The number of aryl methyl sites for hydroxylation is 1. The van der Waals surface area contributed by atoms with E-state index >= 15 is 0 Å². The molecule has 0 saturated carbocycles. The fraction of sp³-hybridized carbons (Fsp3) is 0.435. The molecule has 1 aliphatic heterocycles. The van der Waals surface area contributed by atoms with Crippen LogP contribution < -0.4 is 4.90 Å². The lowest BCUT2D eigenvalue weighted by molar-refractivity contribution is 0.0766. The maximum Gasteiger partial charge on any atom is 0.264 e. The van der Waals surface area contributed by atoms with Gasteiger partial charge in [0.2, 0.25) is 0 Å². The lowest BCUT2D eigenvalue weighted by Crippen LogP contribution is -2.32. The quantitative estimate of drug-likeness (QED) is 0.586. The second kappa shape index (κ2) is 8.49. The molecule has 3 aromatic rings. The van der Waals surface area contributed by atoms with Crippen molar-refractivity contribution in [3.8, 4) is 0 Å². The minimum absolute atomic E-state index is 0.122. The first kappa shape index (κ1) is 19.8. The van der Waals surface area contributed by atoms with E-state index in [1.54, 1.807) is 6.33 Å². The summed E-state index contributed by atoms with van der Waals surface area (Å²) in [5.41, 5.74) is 3.78. The summed E-state index contributed by atoms with van der Waals surface area (Å²) in [4.78, 5) is 28.3. The number of hydrogen-bond donors (Lipinski definition) is 0. The van der Waals surface area contributed by atoms with E-state index in [0.717, 1.165) is 71.9 Å². The van der Waals surface area contributed by atoms with Crippen molar-refractivity contribution in [3.63, 3.8) is 0 Å². The van der Waals surface area contributed by atoms with E-state index < -0.39 is 0 Å². The highest BCUT2D eigenvalue weighted by Gasteiger charge is 2.25. The van der Waals surface area contributed by atoms with Crippen LogP contribution in [-0.4, -0.2) is 40.4 Å². The van der Waals surface area contributed by atoms with Crippen LogP contribution in [0.1, 0.15) is 53.1 Å². The molecule has 0 radical (unpaired) electrons. The molecule has 0 fully saturated rings. The van der Waals surface area contributed by atoms with E-state index in [2.05, 4.69) is 46.1 Å². The van der Waals surface area contributed by atoms with E-state index in [9.17, 15) is 4.79 Å². The van der Waals surface area contributed by atoms with Gasteiger partial charge in [-0.15, -0.1) is 11.3 Å². The zero-order chi connectivity index (χ0) is 20.4. The highest BCUT2D eigenvalue weighted by atomic mass is 32.1.